The van der Waals surface area contributed by atoms with E-state index >= 15 is 0 Å². The molecule has 0 spiro atoms. The van der Waals surface area contributed by atoms with Crippen molar-refractivity contribution < 1.29 is 37.7 Å². The summed E-state index contributed by atoms with van der Waals surface area (Å²) in [6.45, 7) is 0.897. The number of anilines is 1. The number of carbonyl (C=O) groups excluding carboxylic acids is 1. The molecule has 6 nitrogen and oxygen atoms in total. The van der Waals surface area contributed by atoms with Crippen molar-refractivity contribution in [3.63, 3.8) is 0 Å². The average molecular weight is 444 g/mol. The van der Waals surface area contributed by atoms with Crippen molar-refractivity contribution in [2.75, 3.05) is 18.6 Å². The Morgan fingerprint density at radius 3 is 2.47 bits per heavy atom. The number of amides is 1. The van der Waals surface area contributed by atoms with Gasteiger partial charge in [-0.25, -0.2) is 4.79 Å². The summed E-state index contributed by atoms with van der Waals surface area (Å²) in [5.41, 5.74) is -4.08. The number of halogens is 4. The lowest BCUT2D eigenvalue weighted by Gasteiger charge is -2.38. The molecule has 10 heteroatoms. The van der Waals surface area contributed by atoms with Crippen molar-refractivity contribution in [3.8, 4) is 5.75 Å². The number of fused-ring (bicyclic) bond motifs is 1. The SMILES string of the molecule is CC(c1ccc(C(=O)O)cc1Cl)C(O)(c1ccc2c(c1)N(C)C(=O)CO2)C(F)(F)F. The molecule has 1 amide bonds. The van der Waals surface area contributed by atoms with Gasteiger partial charge >= 0.3 is 12.1 Å². The molecule has 1 aliphatic rings. The first-order valence-electron chi connectivity index (χ1n) is 8.73. The first-order valence-corrected chi connectivity index (χ1v) is 9.11. The third-order valence-electron chi connectivity index (χ3n) is 5.26. The third-order valence-corrected chi connectivity index (χ3v) is 5.59. The Balaban J connectivity index is 2.15. The van der Waals surface area contributed by atoms with Crippen LogP contribution in [0.25, 0.3) is 0 Å². The molecule has 0 aliphatic carbocycles. The van der Waals surface area contributed by atoms with Gasteiger partial charge in [0.25, 0.3) is 5.91 Å². The molecule has 0 aromatic heterocycles. The first kappa shape index (κ1) is 21.9. The van der Waals surface area contributed by atoms with E-state index < -0.39 is 35.1 Å². The Morgan fingerprint density at radius 1 is 1.23 bits per heavy atom. The fourth-order valence-corrected chi connectivity index (χ4v) is 3.75. The molecule has 3 rings (SSSR count). The zero-order valence-corrected chi connectivity index (χ0v) is 16.6. The van der Waals surface area contributed by atoms with E-state index in [2.05, 4.69) is 0 Å². The quantitative estimate of drug-likeness (QED) is 0.747. The number of ether oxygens (including phenoxy) is 1. The zero-order valence-electron chi connectivity index (χ0n) is 15.8. The molecule has 160 valence electrons. The lowest BCUT2D eigenvalue weighted by atomic mass is 9.77. The predicted molar refractivity (Wildman–Crippen MR) is 102 cm³/mol. The van der Waals surface area contributed by atoms with Gasteiger partial charge in [0.15, 0.2) is 12.2 Å². The normalized spacial score (nSPS) is 17.0. The van der Waals surface area contributed by atoms with Crippen LogP contribution in [0.15, 0.2) is 36.4 Å². The van der Waals surface area contributed by atoms with E-state index in [0.29, 0.717) is 0 Å². The Bertz CT molecular complexity index is 1030. The van der Waals surface area contributed by atoms with Gasteiger partial charge < -0.3 is 19.8 Å². The fraction of sp³-hybridized carbons (Fsp3) is 0.300. The van der Waals surface area contributed by atoms with E-state index in [4.69, 9.17) is 21.4 Å². The van der Waals surface area contributed by atoms with Crippen LogP contribution in [-0.4, -0.2) is 41.9 Å². The van der Waals surface area contributed by atoms with Crippen LogP contribution < -0.4 is 9.64 Å². The Morgan fingerprint density at radius 2 is 1.90 bits per heavy atom. The molecule has 2 aromatic carbocycles. The molecule has 2 aromatic rings. The number of carbonyl (C=O) groups is 2. The number of rotatable bonds is 4. The van der Waals surface area contributed by atoms with E-state index in [1.54, 1.807) is 0 Å². The van der Waals surface area contributed by atoms with Crippen LogP contribution in [0.5, 0.6) is 5.75 Å². The minimum Gasteiger partial charge on any atom is -0.482 e. The number of carboxylic acids is 1. The van der Waals surface area contributed by atoms with Crippen molar-refractivity contribution in [3.05, 3.63) is 58.1 Å². The maximum atomic E-state index is 14.2. The number of likely N-dealkylation sites (N-methyl/N-ethyl adjacent to an activating group) is 1. The van der Waals surface area contributed by atoms with Crippen LogP contribution in [0.3, 0.4) is 0 Å². The molecule has 0 radical (unpaired) electrons. The van der Waals surface area contributed by atoms with Crippen molar-refractivity contribution in [2.45, 2.75) is 24.6 Å². The second-order valence-electron chi connectivity index (χ2n) is 6.95. The summed E-state index contributed by atoms with van der Waals surface area (Å²) in [4.78, 5) is 24.1. The van der Waals surface area contributed by atoms with Crippen molar-refractivity contribution >= 4 is 29.2 Å². The summed E-state index contributed by atoms with van der Waals surface area (Å²) in [6, 6.07) is 6.67. The summed E-state index contributed by atoms with van der Waals surface area (Å²) in [6.07, 6.45) is -5.12. The van der Waals surface area contributed by atoms with Gasteiger partial charge in [-0.1, -0.05) is 30.7 Å². The summed E-state index contributed by atoms with van der Waals surface area (Å²) in [7, 11) is 1.39. The molecule has 1 heterocycles. The van der Waals surface area contributed by atoms with Gasteiger partial charge in [-0.05, 0) is 35.4 Å². The molecule has 0 fully saturated rings. The van der Waals surface area contributed by atoms with E-state index in [0.717, 1.165) is 42.2 Å². The number of nitrogens with zero attached hydrogens (tertiary/aromatic N) is 1. The third kappa shape index (κ3) is 3.48. The largest absolute Gasteiger partial charge is 0.482 e. The smallest absolute Gasteiger partial charge is 0.422 e. The average Bonchev–Trinajstić information content (AvgIpc) is 2.68. The van der Waals surface area contributed by atoms with Crippen molar-refractivity contribution in [2.24, 2.45) is 0 Å². The molecule has 2 unspecified atom stereocenters. The minimum atomic E-state index is -5.12. The summed E-state index contributed by atoms with van der Waals surface area (Å²) in [5.74, 6) is -3.13. The van der Waals surface area contributed by atoms with Crippen LogP contribution >= 0.6 is 11.6 Å². The van der Waals surface area contributed by atoms with Gasteiger partial charge in [-0.3, -0.25) is 4.79 Å². The van der Waals surface area contributed by atoms with Crippen LogP contribution in [0.2, 0.25) is 5.02 Å². The van der Waals surface area contributed by atoms with Crippen LogP contribution in [0.4, 0.5) is 18.9 Å². The molecule has 2 atom stereocenters. The number of aliphatic hydroxyl groups is 1. The lowest BCUT2D eigenvalue weighted by Crippen LogP contribution is -2.47. The van der Waals surface area contributed by atoms with Gasteiger partial charge in [-0.2, -0.15) is 13.2 Å². The van der Waals surface area contributed by atoms with Crippen LogP contribution in [0.1, 0.15) is 34.3 Å². The van der Waals surface area contributed by atoms with Crippen molar-refractivity contribution in [1.82, 2.24) is 0 Å². The van der Waals surface area contributed by atoms with Crippen LogP contribution in [-0.2, 0) is 10.4 Å². The standard InChI is InChI=1S/C20H17ClF3NO5/c1-10(13-5-3-11(18(27)28)7-14(13)21)19(29,20(22,23)24)12-4-6-16-15(8-12)25(2)17(26)9-30-16/h3-8,10,29H,9H2,1-2H3,(H,27,28). The summed E-state index contributed by atoms with van der Waals surface area (Å²) >= 11 is 6.05. The number of carboxylic acid groups (broad SMARTS) is 1. The lowest BCUT2D eigenvalue weighted by molar-refractivity contribution is -0.274. The van der Waals surface area contributed by atoms with E-state index in [-0.39, 0.29) is 34.2 Å². The molecular formula is C20H17ClF3NO5. The monoisotopic (exact) mass is 443 g/mol. The number of aromatic carboxylic acids is 1. The molecule has 1 aliphatic heterocycles. The Kier molecular flexibility index (Phi) is 5.46. The number of hydrogen-bond donors (Lipinski definition) is 2. The zero-order chi connectivity index (χ0) is 22.4. The molecule has 0 saturated carbocycles. The van der Waals surface area contributed by atoms with Gasteiger partial charge in [0, 0.05) is 18.0 Å². The van der Waals surface area contributed by atoms with Crippen molar-refractivity contribution in [1.29, 1.82) is 0 Å². The fourth-order valence-electron chi connectivity index (χ4n) is 3.40. The van der Waals surface area contributed by atoms with E-state index in [9.17, 15) is 27.9 Å². The predicted octanol–water partition coefficient (Wildman–Crippen LogP) is 3.95. The molecule has 0 bridgehead atoms. The highest BCUT2D eigenvalue weighted by atomic mass is 35.5. The second-order valence-corrected chi connectivity index (χ2v) is 7.36. The maximum Gasteiger partial charge on any atom is 0.422 e. The number of alkyl halides is 3. The highest BCUT2D eigenvalue weighted by Gasteiger charge is 2.59. The molecule has 30 heavy (non-hydrogen) atoms. The highest BCUT2D eigenvalue weighted by Crippen LogP contribution is 2.51. The topological polar surface area (TPSA) is 87.1 Å². The van der Waals surface area contributed by atoms with Gasteiger partial charge in [0.05, 0.1) is 11.3 Å². The maximum absolute atomic E-state index is 14.2. The van der Waals surface area contributed by atoms with Gasteiger partial charge in [-0.15, -0.1) is 0 Å². The number of benzene rings is 2. The number of hydrogen-bond acceptors (Lipinski definition) is 4. The summed E-state index contributed by atoms with van der Waals surface area (Å²) < 4.78 is 47.7. The minimum absolute atomic E-state index is 0.0834. The van der Waals surface area contributed by atoms with Gasteiger partial charge in [0.1, 0.15) is 5.75 Å². The summed E-state index contributed by atoms with van der Waals surface area (Å²) in [5, 5.41) is 19.8. The Hall–Kier alpha value is -2.78. The van der Waals surface area contributed by atoms with E-state index in [1.165, 1.54) is 13.1 Å². The molecular weight excluding hydrogens is 427 g/mol. The first-order chi connectivity index (χ1) is 13.9. The molecule has 2 N–H and O–H groups in total. The van der Waals surface area contributed by atoms with Crippen LogP contribution in [0, 0.1) is 0 Å². The van der Waals surface area contributed by atoms with Gasteiger partial charge in [0.2, 0.25) is 0 Å². The van der Waals surface area contributed by atoms with E-state index in [1.807, 2.05) is 0 Å². The molecule has 0 saturated heterocycles. The second kappa shape index (κ2) is 7.48. The highest BCUT2D eigenvalue weighted by molar-refractivity contribution is 6.31. The Labute approximate surface area is 174 Å².